The van der Waals surface area contributed by atoms with Gasteiger partial charge >= 0.3 is 0 Å². The summed E-state index contributed by atoms with van der Waals surface area (Å²) < 4.78 is 6.09. The predicted octanol–water partition coefficient (Wildman–Crippen LogP) is 3.76. The topological polar surface area (TPSA) is 35.2 Å². The SMILES string of the molecule is CCCC1Oc2c(C(C)CC)cccc2C1N. The molecule has 0 fully saturated rings. The van der Waals surface area contributed by atoms with E-state index in [1.54, 1.807) is 0 Å². The van der Waals surface area contributed by atoms with E-state index in [1.807, 2.05) is 0 Å². The third-order valence-corrected chi connectivity index (χ3v) is 3.82. The van der Waals surface area contributed by atoms with Crippen LogP contribution >= 0.6 is 0 Å². The summed E-state index contributed by atoms with van der Waals surface area (Å²) in [5.74, 6) is 1.60. The maximum atomic E-state index is 6.26. The predicted molar refractivity (Wildman–Crippen MR) is 71.4 cm³/mol. The number of nitrogens with two attached hydrogens (primary N) is 1. The molecule has 0 aromatic heterocycles. The molecular formula is C15H23NO. The van der Waals surface area contributed by atoms with Crippen LogP contribution in [0.5, 0.6) is 5.75 Å². The normalized spacial score (nSPS) is 24.2. The number of para-hydroxylation sites is 1. The molecule has 3 unspecified atom stereocenters. The van der Waals surface area contributed by atoms with Crippen molar-refractivity contribution in [2.24, 2.45) is 5.73 Å². The number of rotatable bonds is 4. The number of fused-ring (bicyclic) bond motifs is 1. The molecule has 0 amide bonds. The summed E-state index contributed by atoms with van der Waals surface area (Å²) in [7, 11) is 0. The Balaban J connectivity index is 2.33. The second-order valence-electron chi connectivity index (χ2n) is 5.05. The van der Waals surface area contributed by atoms with Gasteiger partial charge in [-0.1, -0.05) is 45.4 Å². The van der Waals surface area contributed by atoms with Crippen LogP contribution in [0, 0.1) is 0 Å². The Bertz CT molecular complexity index is 389. The van der Waals surface area contributed by atoms with Gasteiger partial charge in [0.2, 0.25) is 0 Å². The van der Waals surface area contributed by atoms with E-state index in [1.165, 1.54) is 11.1 Å². The van der Waals surface area contributed by atoms with Gasteiger partial charge in [0.25, 0.3) is 0 Å². The van der Waals surface area contributed by atoms with E-state index in [-0.39, 0.29) is 12.1 Å². The van der Waals surface area contributed by atoms with Gasteiger partial charge in [-0.05, 0) is 24.3 Å². The molecule has 94 valence electrons. The van der Waals surface area contributed by atoms with Crippen molar-refractivity contribution < 1.29 is 4.74 Å². The van der Waals surface area contributed by atoms with Gasteiger partial charge < -0.3 is 10.5 Å². The third kappa shape index (κ3) is 2.19. The molecule has 2 rings (SSSR count). The average Bonchev–Trinajstić information content (AvgIpc) is 2.66. The number of benzene rings is 1. The first-order valence-corrected chi connectivity index (χ1v) is 6.74. The maximum absolute atomic E-state index is 6.26. The molecule has 1 aromatic carbocycles. The Morgan fingerprint density at radius 2 is 2.12 bits per heavy atom. The van der Waals surface area contributed by atoms with Gasteiger partial charge in [-0.25, -0.2) is 0 Å². The van der Waals surface area contributed by atoms with Crippen LogP contribution < -0.4 is 10.5 Å². The molecular weight excluding hydrogens is 210 g/mol. The van der Waals surface area contributed by atoms with Gasteiger partial charge in [0.1, 0.15) is 11.9 Å². The highest BCUT2D eigenvalue weighted by Crippen LogP contribution is 2.42. The molecule has 2 heteroatoms. The Morgan fingerprint density at radius 3 is 2.76 bits per heavy atom. The van der Waals surface area contributed by atoms with Gasteiger partial charge in [-0.3, -0.25) is 0 Å². The second kappa shape index (κ2) is 5.09. The highest BCUT2D eigenvalue weighted by molar-refractivity contribution is 5.48. The fourth-order valence-electron chi connectivity index (χ4n) is 2.53. The average molecular weight is 233 g/mol. The Labute approximate surface area is 104 Å². The lowest BCUT2D eigenvalue weighted by atomic mass is 9.93. The molecule has 1 aliphatic rings. The first-order chi connectivity index (χ1) is 8.19. The van der Waals surface area contributed by atoms with Crippen LogP contribution in [0.25, 0.3) is 0 Å². The van der Waals surface area contributed by atoms with Crippen molar-refractivity contribution in [1.29, 1.82) is 0 Å². The van der Waals surface area contributed by atoms with Crippen molar-refractivity contribution in [3.05, 3.63) is 29.3 Å². The summed E-state index contributed by atoms with van der Waals surface area (Å²) >= 11 is 0. The van der Waals surface area contributed by atoms with Crippen LogP contribution in [0.2, 0.25) is 0 Å². The Hall–Kier alpha value is -1.02. The molecule has 1 aliphatic heterocycles. The summed E-state index contributed by atoms with van der Waals surface area (Å²) in [6, 6.07) is 6.45. The molecule has 0 aliphatic carbocycles. The van der Waals surface area contributed by atoms with Crippen LogP contribution in [-0.2, 0) is 0 Å². The van der Waals surface area contributed by atoms with Crippen molar-refractivity contribution in [1.82, 2.24) is 0 Å². The summed E-state index contributed by atoms with van der Waals surface area (Å²) in [5, 5.41) is 0. The maximum Gasteiger partial charge on any atom is 0.128 e. The lowest BCUT2D eigenvalue weighted by Gasteiger charge is -2.15. The van der Waals surface area contributed by atoms with E-state index >= 15 is 0 Å². The van der Waals surface area contributed by atoms with E-state index in [2.05, 4.69) is 39.0 Å². The molecule has 2 nitrogen and oxygen atoms in total. The minimum atomic E-state index is 0.0500. The molecule has 2 N–H and O–H groups in total. The summed E-state index contributed by atoms with van der Waals surface area (Å²) in [6.07, 6.45) is 3.45. The van der Waals surface area contributed by atoms with Gasteiger partial charge in [-0.2, -0.15) is 0 Å². The van der Waals surface area contributed by atoms with Crippen molar-refractivity contribution in [3.8, 4) is 5.75 Å². The van der Waals surface area contributed by atoms with Crippen molar-refractivity contribution >= 4 is 0 Å². The van der Waals surface area contributed by atoms with Crippen molar-refractivity contribution in [2.45, 2.75) is 58.1 Å². The zero-order valence-electron chi connectivity index (χ0n) is 11.1. The monoisotopic (exact) mass is 233 g/mol. The molecule has 1 heterocycles. The van der Waals surface area contributed by atoms with E-state index in [0.717, 1.165) is 25.0 Å². The smallest absolute Gasteiger partial charge is 0.128 e. The van der Waals surface area contributed by atoms with E-state index in [0.29, 0.717) is 5.92 Å². The molecule has 0 bridgehead atoms. The Kier molecular flexibility index (Phi) is 3.72. The fraction of sp³-hybridized carbons (Fsp3) is 0.600. The molecule has 1 aromatic rings. The first-order valence-electron chi connectivity index (χ1n) is 6.74. The number of ether oxygens (including phenoxy) is 1. The van der Waals surface area contributed by atoms with Gasteiger partial charge in [0.05, 0.1) is 6.04 Å². The molecule has 0 saturated carbocycles. The van der Waals surface area contributed by atoms with E-state index < -0.39 is 0 Å². The summed E-state index contributed by atoms with van der Waals surface area (Å²) in [5.41, 5.74) is 8.78. The largest absolute Gasteiger partial charge is 0.488 e. The second-order valence-corrected chi connectivity index (χ2v) is 5.05. The summed E-state index contributed by atoms with van der Waals surface area (Å²) in [4.78, 5) is 0. The van der Waals surface area contributed by atoms with Crippen LogP contribution in [-0.4, -0.2) is 6.10 Å². The van der Waals surface area contributed by atoms with Crippen LogP contribution in [0.1, 0.15) is 63.1 Å². The minimum Gasteiger partial charge on any atom is -0.488 e. The van der Waals surface area contributed by atoms with Crippen LogP contribution in [0.3, 0.4) is 0 Å². The fourth-order valence-corrected chi connectivity index (χ4v) is 2.53. The van der Waals surface area contributed by atoms with Crippen molar-refractivity contribution in [2.75, 3.05) is 0 Å². The first kappa shape index (κ1) is 12.4. The van der Waals surface area contributed by atoms with Gasteiger partial charge in [0, 0.05) is 5.56 Å². The molecule has 0 spiro atoms. The highest BCUT2D eigenvalue weighted by Gasteiger charge is 2.32. The zero-order valence-corrected chi connectivity index (χ0v) is 11.1. The van der Waals surface area contributed by atoms with E-state index in [4.69, 9.17) is 10.5 Å². The molecule has 0 saturated heterocycles. The van der Waals surface area contributed by atoms with Crippen LogP contribution in [0.15, 0.2) is 18.2 Å². The molecule has 0 radical (unpaired) electrons. The lowest BCUT2D eigenvalue weighted by Crippen LogP contribution is -2.24. The lowest BCUT2D eigenvalue weighted by molar-refractivity contribution is 0.193. The molecule has 17 heavy (non-hydrogen) atoms. The number of hydrogen-bond donors (Lipinski definition) is 1. The van der Waals surface area contributed by atoms with Crippen molar-refractivity contribution in [3.63, 3.8) is 0 Å². The Morgan fingerprint density at radius 1 is 1.35 bits per heavy atom. The standard InChI is InChI=1S/C15H23NO/c1-4-7-13-14(16)12-9-6-8-11(10(3)5-2)15(12)17-13/h6,8-10,13-14H,4-5,7,16H2,1-3H3. The van der Waals surface area contributed by atoms with Gasteiger partial charge in [-0.15, -0.1) is 0 Å². The minimum absolute atomic E-state index is 0.0500. The summed E-state index contributed by atoms with van der Waals surface area (Å²) in [6.45, 7) is 6.63. The van der Waals surface area contributed by atoms with E-state index in [9.17, 15) is 0 Å². The van der Waals surface area contributed by atoms with Crippen LogP contribution in [0.4, 0.5) is 0 Å². The third-order valence-electron chi connectivity index (χ3n) is 3.82. The number of hydrogen-bond acceptors (Lipinski definition) is 2. The molecule has 3 atom stereocenters. The highest BCUT2D eigenvalue weighted by atomic mass is 16.5. The zero-order chi connectivity index (χ0) is 12.4. The quantitative estimate of drug-likeness (QED) is 0.859. The van der Waals surface area contributed by atoms with Gasteiger partial charge in [0.15, 0.2) is 0 Å².